The molecule has 2 aromatic heterocycles. The monoisotopic (exact) mass is 970 g/mol. The Bertz CT molecular complexity index is 4020. The molecule has 73 heavy (non-hydrogen) atoms. The fourth-order valence-electron chi connectivity index (χ4n) is 10.0. The number of rotatable bonds is 12. The first kappa shape index (κ1) is 47.5. The first-order valence-corrected chi connectivity index (χ1v) is 23.8. The van der Waals surface area contributed by atoms with Crippen LogP contribution in [0.2, 0.25) is 0 Å². The van der Waals surface area contributed by atoms with Crippen molar-refractivity contribution < 1.29 is 30.6 Å². The SMILES string of the molecule is Cc1ccc(O)c(Cc2cc(C)c(O)c(Cc3cc(C)c(O)c(Cc4ccc(-n5c(=O)c6cc7c(=O)n(-c8ccc(Cc9ccc(Cc%10cccc(C)c%10O)cc9)c(O)c8)c(=O)c7cc6c5=O)cc4O)c3)c2)c1. The Morgan fingerprint density at radius 3 is 1.25 bits per heavy atom. The fourth-order valence-corrected chi connectivity index (χ4v) is 10.0. The summed E-state index contributed by atoms with van der Waals surface area (Å²) in [5.41, 5.74) is 7.64. The van der Waals surface area contributed by atoms with E-state index in [1.54, 1.807) is 37.3 Å². The first-order valence-electron chi connectivity index (χ1n) is 23.8. The molecule has 0 saturated heterocycles. The van der Waals surface area contributed by atoms with Crippen LogP contribution in [0.3, 0.4) is 0 Å². The molecule has 0 fully saturated rings. The maximum atomic E-state index is 14.0. The summed E-state index contributed by atoms with van der Waals surface area (Å²) < 4.78 is 1.78. The number of hydrogen-bond donors (Lipinski definition) is 6. The Hall–Kier alpha value is -9.16. The summed E-state index contributed by atoms with van der Waals surface area (Å²) in [6.45, 7) is 7.39. The van der Waals surface area contributed by atoms with Crippen molar-refractivity contribution in [2.24, 2.45) is 0 Å². The predicted molar refractivity (Wildman–Crippen MR) is 283 cm³/mol. The number of aromatic nitrogens is 2. The van der Waals surface area contributed by atoms with Crippen molar-refractivity contribution >= 4 is 21.5 Å². The van der Waals surface area contributed by atoms with Gasteiger partial charge in [-0.05, 0) is 130 Å². The molecule has 0 bridgehead atoms. The number of benzene rings is 8. The first-order chi connectivity index (χ1) is 34.9. The van der Waals surface area contributed by atoms with Crippen molar-refractivity contribution in [3.05, 3.63) is 253 Å². The maximum absolute atomic E-state index is 14.0. The summed E-state index contributed by atoms with van der Waals surface area (Å²) in [6, 6.07) is 37.7. The normalized spacial score (nSPS) is 11.6. The summed E-state index contributed by atoms with van der Waals surface area (Å²) in [5, 5.41) is 65.3. The lowest BCUT2D eigenvalue weighted by Gasteiger charge is -2.15. The summed E-state index contributed by atoms with van der Waals surface area (Å²) >= 11 is 0. The van der Waals surface area contributed by atoms with E-state index in [1.807, 2.05) is 93.6 Å². The van der Waals surface area contributed by atoms with Crippen LogP contribution in [0.15, 0.2) is 153 Å². The fraction of sp³-hybridized carbons (Fsp3) is 0.148. The lowest BCUT2D eigenvalue weighted by Crippen LogP contribution is -2.24. The molecule has 10 rings (SSSR count). The van der Waals surface area contributed by atoms with Crippen LogP contribution in [-0.2, 0) is 32.1 Å². The van der Waals surface area contributed by atoms with Gasteiger partial charge in [0.25, 0.3) is 22.2 Å². The third kappa shape index (κ3) is 8.88. The highest BCUT2D eigenvalue weighted by Gasteiger charge is 2.23. The highest BCUT2D eigenvalue weighted by molar-refractivity contribution is 5.98. The van der Waals surface area contributed by atoms with Gasteiger partial charge in [0.05, 0.1) is 32.9 Å². The number of nitrogens with zero attached hydrogens (tertiary/aromatic N) is 2. The van der Waals surface area contributed by atoms with Gasteiger partial charge in [-0.15, -0.1) is 0 Å². The van der Waals surface area contributed by atoms with E-state index in [9.17, 15) is 49.8 Å². The molecule has 0 spiro atoms. The van der Waals surface area contributed by atoms with Crippen LogP contribution in [0.1, 0.15) is 77.9 Å². The second-order valence-electron chi connectivity index (χ2n) is 19.2. The Labute approximate surface area is 418 Å². The Kier molecular flexibility index (Phi) is 12.1. The van der Waals surface area contributed by atoms with E-state index >= 15 is 0 Å². The van der Waals surface area contributed by atoms with Gasteiger partial charge in [0.2, 0.25) is 0 Å². The van der Waals surface area contributed by atoms with E-state index in [1.165, 1.54) is 30.3 Å². The van der Waals surface area contributed by atoms with E-state index in [-0.39, 0.29) is 73.8 Å². The van der Waals surface area contributed by atoms with Crippen LogP contribution >= 0.6 is 0 Å². The van der Waals surface area contributed by atoms with Crippen LogP contribution in [0.4, 0.5) is 0 Å². The zero-order valence-corrected chi connectivity index (χ0v) is 40.4. The van der Waals surface area contributed by atoms with Crippen LogP contribution in [0, 0.1) is 27.7 Å². The largest absolute Gasteiger partial charge is 0.508 e. The van der Waals surface area contributed by atoms with Gasteiger partial charge in [-0.25, -0.2) is 9.13 Å². The summed E-state index contributed by atoms with van der Waals surface area (Å²) in [6.07, 6.45) is 1.79. The molecule has 0 aliphatic carbocycles. The molecule has 0 atom stereocenters. The van der Waals surface area contributed by atoms with Crippen molar-refractivity contribution in [3.8, 4) is 45.9 Å². The molecule has 0 aliphatic rings. The average Bonchev–Trinajstić information content (AvgIpc) is 3.75. The lowest BCUT2D eigenvalue weighted by molar-refractivity contribution is 0.460. The lowest BCUT2D eigenvalue weighted by atomic mass is 9.92. The van der Waals surface area contributed by atoms with Gasteiger partial charge < -0.3 is 30.6 Å². The number of hydrogen-bond acceptors (Lipinski definition) is 10. The van der Waals surface area contributed by atoms with Crippen molar-refractivity contribution in [1.82, 2.24) is 9.13 Å². The molecule has 0 saturated carbocycles. The second-order valence-corrected chi connectivity index (χ2v) is 19.2. The number of fused-ring (bicyclic) bond motifs is 2. The molecule has 2 heterocycles. The Morgan fingerprint density at radius 1 is 0.329 bits per heavy atom. The minimum absolute atomic E-state index is 0.0249. The van der Waals surface area contributed by atoms with Crippen molar-refractivity contribution in [1.29, 1.82) is 0 Å². The number of phenols is 6. The van der Waals surface area contributed by atoms with Gasteiger partial charge in [-0.1, -0.05) is 96.6 Å². The summed E-state index contributed by atoms with van der Waals surface area (Å²) in [7, 11) is 0. The number of aromatic hydroxyl groups is 6. The smallest absolute Gasteiger partial charge is 0.266 e. The molecular formula is C61H50N2O10. The molecule has 0 unspecified atom stereocenters. The Balaban J connectivity index is 0.883. The van der Waals surface area contributed by atoms with E-state index in [0.29, 0.717) is 59.1 Å². The van der Waals surface area contributed by atoms with Gasteiger partial charge in [0.15, 0.2) is 0 Å². The van der Waals surface area contributed by atoms with Gasteiger partial charge in [-0.2, -0.15) is 0 Å². The molecule has 0 aliphatic heterocycles. The van der Waals surface area contributed by atoms with Crippen LogP contribution < -0.4 is 22.2 Å². The highest BCUT2D eigenvalue weighted by Crippen LogP contribution is 2.35. The summed E-state index contributed by atoms with van der Waals surface area (Å²) in [4.78, 5) is 55.7. The standard InChI is InChI=1S/C61H50N2O10/c1-32-8-17-52(64)43(18-32)23-38-19-34(3)56(68)44(24-38)25-39-20-35(4)57(69)45(26-39)27-41-14-16-47(29-54(41)66)63-60(72)50-30-48-49(31-51(50)61(63)73)59(71)62(58(48)70)46-15-13-40(53(65)28-46)21-36-9-11-37(12-10-36)22-42-7-5-6-33(2)55(42)67/h5-20,24,26,28-31,64-69H,21-23,25,27H2,1-4H3. The molecule has 12 nitrogen and oxygen atoms in total. The van der Waals surface area contributed by atoms with Crippen molar-refractivity contribution in [2.75, 3.05) is 0 Å². The van der Waals surface area contributed by atoms with Crippen LogP contribution in [0.25, 0.3) is 32.9 Å². The molecule has 364 valence electrons. The third-order valence-electron chi connectivity index (χ3n) is 14.0. The van der Waals surface area contributed by atoms with E-state index in [4.69, 9.17) is 0 Å². The Morgan fingerprint density at radius 2 is 0.753 bits per heavy atom. The molecule has 0 radical (unpaired) electrons. The third-order valence-corrected chi connectivity index (χ3v) is 14.0. The maximum Gasteiger partial charge on any atom is 0.266 e. The second kappa shape index (κ2) is 18.5. The van der Waals surface area contributed by atoms with Crippen molar-refractivity contribution in [3.63, 3.8) is 0 Å². The molecule has 6 N–H and O–H groups in total. The van der Waals surface area contributed by atoms with Gasteiger partial charge >= 0.3 is 0 Å². The minimum atomic E-state index is -0.754. The predicted octanol–water partition coefficient (Wildman–Crippen LogP) is 9.31. The van der Waals surface area contributed by atoms with Crippen LogP contribution in [0.5, 0.6) is 34.5 Å². The van der Waals surface area contributed by atoms with Gasteiger partial charge in [0, 0.05) is 44.2 Å². The molecular weight excluding hydrogens is 921 g/mol. The quantitative estimate of drug-likeness (QED) is 0.0686. The van der Waals surface area contributed by atoms with Crippen LogP contribution in [-0.4, -0.2) is 39.8 Å². The zero-order chi connectivity index (χ0) is 51.6. The number of para-hydroxylation sites is 1. The highest BCUT2D eigenvalue weighted by atomic mass is 16.3. The topological polar surface area (TPSA) is 200 Å². The number of phenolic OH excluding ortho intramolecular Hbond substituents is 6. The molecule has 0 amide bonds. The van der Waals surface area contributed by atoms with E-state index in [2.05, 4.69) is 0 Å². The summed E-state index contributed by atoms with van der Waals surface area (Å²) in [5.74, 6) is 0.258. The van der Waals surface area contributed by atoms with Gasteiger partial charge in [0.1, 0.15) is 34.5 Å². The van der Waals surface area contributed by atoms with Crippen molar-refractivity contribution in [2.45, 2.75) is 59.8 Å². The van der Waals surface area contributed by atoms with Gasteiger partial charge in [-0.3, -0.25) is 19.2 Å². The molecule has 10 aromatic rings. The minimum Gasteiger partial charge on any atom is -0.508 e. The van der Waals surface area contributed by atoms with E-state index < -0.39 is 22.2 Å². The van der Waals surface area contributed by atoms with E-state index in [0.717, 1.165) is 53.6 Å². The molecule has 12 heteroatoms. The number of aryl methyl sites for hydroxylation is 4. The zero-order valence-electron chi connectivity index (χ0n) is 40.4. The average molecular weight is 971 g/mol. The molecule has 8 aromatic carbocycles.